The Bertz CT molecular complexity index is 833. The zero-order valence-corrected chi connectivity index (χ0v) is 15.3. The van der Waals surface area contributed by atoms with Gasteiger partial charge in [-0.3, -0.25) is 9.59 Å². The molecule has 27 heavy (non-hydrogen) atoms. The molecule has 1 atom stereocenters. The highest BCUT2D eigenvalue weighted by Crippen LogP contribution is 2.39. The Balaban J connectivity index is 2.45. The summed E-state index contributed by atoms with van der Waals surface area (Å²) in [6, 6.07) is 8.20. The van der Waals surface area contributed by atoms with Gasteiger partial charge >= 0.3 is 5.97 Å². The van der Waals surface area contributed by atoms with Crippen LogP contribution in [0.5, 0.6) is 17.2 Å². The van der Waals surface area contributed by atoms with Gasteiger partial charge in [0.15, 0.2) is 17.3 Å². The highest BCUT2D eigenvalue weighted by molar-refractivity contribution is 5.99. The molecule has 144 valence electrons. The number of hydrogen-bond donors (Lipinski definition) is 1. The Morgan fingerprint density at radius 1 is 1.11 bits per heavy atom. The van der Waals surface area contributed by atoms with Crippen molar-refractivity contribution < 1.29 is 33.3 Å². The average Bonchev–Trinajstić information content (AvgIpc) is 2.66. The number of halogens is 1. The standard InChI is InChI=1S/C20H21FO6/c1-4-27-20(24)14(9-16(22)12-7-5-6-8-15(12)21)13-10-18(25-2)19(26-3)11-17(13)23/h5-8,10-11,14,23H,4,9H2,1-3H3/t14-/m1/s1. The van der Waals surface area contributed by atoms with Gasteiger partial charge in [-0.15, -0.1) is 0 Å². The molecule has 0 aliphatic carbocycles. The van der Waals surface area contributed by atoms with Crippen LogP contribution in [0.1, 0.15) is 35.2 Å². The highest BCUT2D eigenvalue weighted by atomic mass is 19.1. The second-order valence-corrected chi connectivity index (χ2v) is 5.68. The molecule has 0 saturated heterocycles. The van der Waals surface area contributed by atoms with Gasteiger partial charge in [-0.25, -0.2) is 4.39 Å². The zero-order valence-electron chi connectivity index (χ0n) is 15.3. The summed E-state index contributed by atoms with van der Waals surface area (Å²) in [5, 5.41) is 10.3. The molecule has 0 heterocycles. The Morgan fingerprint density at radius 3 is 2.33 bits per heavy atom. The number of Topliss-reactive ketones (excluding diaryl/α,β-unsaturated/α-hetero) is 1. The molecule has 7 heteroatoms. The van der Waals surface area contributed by atoms with E-state index in [9.17, 15) is 19.1 Å². The van der Waals surface area contributed by atoms with Crippen LogP contribution in [0, 0.1) is 5.82 Å². The largest absolute Gasteiger partial charge is 0.507 e. The highest BCUT2D eigenvalue weighted by Gasteiger charge is 2.30. The summed E-state index contributed by atoms with van der Waals surface area (Å²) in [4.78, 5) is 25.0. The van der Waals surface area contributed by atoms with Crippen LogP contribution in [0.25, 0.3) is 0 Å². The van der Waals surface area contributed by atoms with E-state index in [1.54, 1.807) is 6.92 Å². The number of hydrogen-bond acceptors (Lipinski definition) is 6. The van der Waals surface area contributed by atoms with E-state index in [1.807, 2.05) is 0 Å². The second kappa shape index (κ2) is 9.02. The van der Waals surface area contributed by atoms with E-state index in [0.29, 0.717) is 0 Å². The molecule has 0 unspecified atom stereocenters. The normalized spacial score (nSPS) is 11.6. The van der Waals surface area contributed by atoms with Crippen LogP contribution in [-0.4, -0.2) is 37.7 Å². The summed E-state index contributed by atoms with van der Waals surface area (Å²) in [5.41, 5.74) is 0.00237. The third kappa shape index (κ3) is 4.55. The summed E-state index contributed by atoms with van der Waals surface area (Å²) < 4.78 is 29.3. The van der Waals surface area contributed by atoms with Gasteiger partial charge in [-0.05, 0) is 25.1 Å². The molecule has 2 rings (SSSR count). The van der Waals surface area contributed by atoms with Crippen LogP contribution in [0.4, 0.5) is 4.39 Å². The predicted octanol–water partition coefficient (Wildman–Crippen LogP) is 3.47. The fourth-order valence-corrected chi connectivity index (χ4v) is 2.71. The van der Waals surface area contributed by atoms with E-state index >= 15 is 0 Å². The molecule has 6 nitrogen and oxygen atoms in total. The number of methoxy groups -OCH3 is 2. The Labute approximate surface area is 156 Å². The predicted molar refractivity (Wildman–Crippen MR) is 95.9 cm³/mol. The third-order valence-electron chi connectivity index (χ3n) is 4.04. The lowest BCUT2D eigenvalue weighted by Gasteiger charge is -2.19. The van der Waals surface area contributed by atoms with Crippen molar-refractivity contribution in [2.45, 2.75) is 19.3 Å². The maximum absolute atomic E-state index is 13.9. The number of carbonyl (C=O) groups excluding carboxylic acids is 2. The molecule has 0 aliphatic heterocycles. The molecule has 0 aliphatic rings. The van der Waals surface area contributed by atoms with E-state index in [-0.39, 0.29) is 41.4 Å². The van der Waals surface area contributed by atoms with Crippen LogP contribution in [0.2, 0.25) is 0 Å². The molecule has 0 amide bonds. The molecule has 0 spiro atoms. The quantitative estimate of drug-likeness (QED) is 0.561. The lowest BCUT2D eigenvalue weighted by molar-refractivity contribution is -0.145. The van der Waals surface area contributed by atoms with E-state index in [2.05, 4.69) is 0 Å². The van der Waals surface area contributed by atoms with Crippen molar-refractivity contribution in [1.29, 1.82) is 0 Å². The van der Waals surface area contributed by atoms with Crippen molar-refractivity contribution in [2.24, 2.45) is 0 Å². The Kier molecular flexibility index (Phi) is 6.76. The maximum Gasteiger partial charge on any atom is 0.314 e. The van der Waals surface area contributed by atoms with E-state index in [0.717, 1.165) is 0 Å². The molecule has 0 saturated carbocycles. The van der Waals surface area contributed by atoms with Gasteiger partial charge in [-0.2, -0.15) is 0 Å². The van der Waals surface area contributed by atoms with Crippen molar-refractivity contribution in [2.75, 3.05) is 20.8 Å². The number of esters is 1. The topological polar surface area (TPSA) is 82.1 Å². The van der Waals surface area contributed by atoms with Gasteiger partial charge in [0.25, 0.3) is 0 Å². The number of ketones is 1. The zero-order chi connectivity index (χ0) is 20.0. The van der Waals surface area contributed by atoms with Gasteiger partial charge in [-0.1, -0.05) is 12.1 Å². The molecule has 2 aromatic rings. The second-order valence-electron chi connectivity index (χ2n) is 5.68. The van der Waals surface area contributed by atoms with Crippen molar-refractivity contribution in [3.8, 4) is 17.2 Å². The van der Waals surface area contributed by atoms with E-state index < -0.39 is 23.5 Å². The molecule has 1 N–H and O–H groups in total. The summed E-state index contributed by atoms with van der Waals surface area (Å²) >= 11 is 0. The number of ether oxygens (including phenoxy) is 3. The number of phenolic OH excluding ortho intramolecular Hbond substituents is 1. The van der Waals surface area contributed by atoms with Crippen molar-refractivity contribution >= 4 is 11.8 Å². The summed E-state index contributed by atoms with van der Waals surface area (Å²) in [6.07, 6.45) is -0.372. The monoisotopic (exact) mass is 376 g/mol. The van der Waals surface area contributed by atoms with E-state index in [4.69, 9.17) is 14.2 Å². The van der Waals surface area contributed by atoms with Crippen molar-refractivity contribution in [1.82, 2.24) is 0 Å². The first-order chi connectivity index (χ1) is 12.9. The first-order valence-corrected chi connectivity index (χ1v) is 8.32. The fourth-order valence-electron chi connectivity index (χ4n) is 2.71. The first kappa shape index (κ1) is 20.2. The molecule has 0 aromatic heterocycles. The number of phenols is 1. The first-order valence-electron chi connectivity index (χ1n) is 8.32. The molecule has 0 radical (unpaired) electrons. The van der Waals surface area contributed by atoms with Crippen molar-refractivity contribution in [3.05, 3.63) is 53.3 Å². The minimum atomic E-state index is -1.13. The molecule has 2 aromatic carbocycles. The van der Waals surface area contributed by atoms with Gasteiger partial charge in [0.05, 0.1) is 32.3 Å². The minimum Gasteiger partial charge on any atom is -0.507 e. The molecular formula is C20H21FO6. The third-order valence-corrected chi connectivity index (χ3v) is 4.04. The van der Waals surface area contributed by atoms with Gasteiger partial charge in [0.1, 0.15) is 11.6 Å². The molecule has 0 bridgehead atoms. The summed E-state index contributed by atoms with van der Waals surface area (Å²) in [7, 11) is 2.81. The van der Waals surface area contributed by atoms with Crippen LogP contribution in [0.15, 0.2) is 36.4 Å². The van der Waals surface area contributed by atoms with Gasteiger partial charge in [0.2, 0.25) is 0 Å². The smallest absolute Gasteiger partial charge is 0.314 e. The average molecular weight is 376 g/mol. The number of benzene rings is 2. The lowest BCUT2D eigenvalue weighted by Crippen LogP contribution is -2.20. The number of carbonyl (C=O) groups is 2. The maximum atomic E-state index is 13.9. The Hall–Kier alpha value is -3.09. The Morgan fingerprint density at radius 2 is 1.74 bits per heavy atom. The molecule has 0 fully saturated rings. The van der Waals surface area contributed by atoms with Crippen LogP contribution in [0.3, 0.4) is 0 Å². The fraction of sp³-hybridized carbons (Fsp3) is 0.300. The van der Waals surface area contributed by atoms with E-state index in [1.165, 1.54) is 50.6 Å². The van der Waals surface area contributed by atoms with Crippen LogP contribution < -0.4 is 9.47 Å². The number of aromatic hydroxyl groups is 1. The summed E-state index contributed by atoms with van der Waals surface area (Å²) in [5.74, 6) is -2.81. The summed E-state index contributed by atoms with van der Waals surface area (Å²) in [6.45, 7) is 1.72. The van der Waals surface area contributed by atoms with Gasteiger partial charge < -0.3 is 19.3 Å². The molecular weight excluding hydrogens is 355 g/mol. The minimum absolute atomic E-state index is 0.0945. The SMILES string of the molecule is CCOC(=O)[C@H](CC(=O)c1ccccc1F)c1cc(OC)c(OC)cc1O. The van der Waals surface area contributed by atoms with Gasteiger partial charge in [0, 0.05) is 18.1 Å². The van der Waals surface area contributed by atoms with Crippen molar-refractivity contribution in [3.63, 3.8) is 0 Å². The van der Waals surface area contributed by atoms with Crippen LogP contribution >= 0.6 is 0 Å². The lowest BCUT2D eigenvalue weighted by atomic mass is 9.90. The number of rotatable bonds is 8. The van der Waals surface area contributed by atoms with Crippen LogP contribution in [-0.2, 0) is 9.53 Å².